The molecule has 1 aromatic heterocycles. The number of rotatable bonds is 6. The molecule has 0 unspecified atom stereocenters. The number of carbonyl (C=O) groups excluding carboxylic acids is 1. The van der Waals surface area contributed by atoms with Gasteiger partial charge in [-0.1, -0.05) is 43.7 Å². The SMILES string of the molecule is Cc1cccc(CNC(=O)c2cnc(NCC(C)C)cn2)c1. The van der Waals surface area contributed by atoms with Crippen LogP contribution in [-0.2, 0) is 6.54 Å². The van der Waals surface area contributed by atoms with E-state index in [0.29, 0.717) is 24.0 Å². The maximum atomic E-state index is 12.0. The first-order valence-electron chi connectivity index (χ1n) is 7.44. The Morgan fingerprint density at radius 2 is 2.05 bits per heavy atom. The van der Waals surface area contributed by atoms with Gasteiger partial charge < -0.3 is 10.6 Å². The van der Waals surface area contributed by atoms with Crippen LogP contribution in [0.15, 0.2) is 36.7 Å². The van der Waals surface area contributed by atoms with Crippen LogP contribution in [0.5, 0.6) is 0 Å². The lowest BCUT2D eigenvalue weighted by molar-refractivity contribution is 0.0945. The third kappa shape index (κ3) is 4.84. The molecule has 22 heavy (non-hydrogen) atoms. The molecule has 0 saturated carbocycles. The van der Waals surface area contributed by atoms with Crippen molar-refractivity contribution in [2.45, 2.75) is 27.3 Å². The molecule has 1 heterocycles. The normalized spacial score (nSPS) is 10.5. The maximum Gasteiger partial charge on any atom is 0.271 e. The van der Waals surface area contributed by atoms with Crippen LogP contribution in [0.2, 0.25) is 0 Å². The van der Waals surface area contributed by atoms with Crippen molar-refractivity contribution in [3.63, 3.8) is 0 Å². The molecule has 0 atom stereocenters. The number of nitrogens with zero attached hydrogens (tertiary/aromatic N) is 2. The Hall–Kier alpha value is -2.43. The first-order valence-corrected chi connectivity index (χ1v) is 7.44. The Labute approximate surface area is 131 Å². The van der Waals surface area contributed by atoms with Crippen molar-refractivity contribution in [3.8, 4) is 0 Å². The molecule has 0 radical (unpaired) electrons. The molecule has 2 N–H and O–H groups in total. The summed E-state index contributed by atoms with van der Waals surface area (Å²) in [6.07, 6.45) is 3.08. The van der Waals surface area contributed by atoms with Gasteiger partial charge >= 0.3 is 0 Å². The van der Waals surface area contributed by atoms with Gasteiger partial charge in [0, 0.05) is 13.1 Å². The van der Waals surface area contributed by atoms with Gasteiger partial charge in [-0.05, 0) is 18.4 Å². The first kappa shape index (κ1) is 15.9. The summed E-state index contributed by atoms with van der Waals surface area (Å²) >= 11 is 0. The van der Waals surface area contributed by atoms with E-state index in [2.05, 4.69) is 34.4 Å². The highest BCUT2D eigenvalue weighted by molar-refractivity contribution is 5.91. The molecular weight excluding hydrogens is 276 g/mol. The van der Waals surface area contributed by atoms with Crippen LogP contribution in [0.4, 0.5) is 5.82 Å². The minimum atomic E-state index is -0.218. The quantitative estimate of drug-likeness (QED) is 0.860. The van der Waals surface area contributed by atoms with Crippen LogP contribution in [-0.4, -0.2) is 22.4 Å². The van der Waals surface area contributed by atoms with E-state index in [0.717, 1.165) is 12.1 Å². The standard InChI is InChI=1S/C17H22N4O/c1-12(2)8-19-16-11-18-15(10-20-16)17(22)21-9-14-6-4-5-13(3)7-14/h4-7,10-12H,8-9H2,1-3H3,(H,19,20)(H,21,22). The molecule has 0 fully saturated rings. The molecule has 5 heteroatoms. The Balaban J connectivity index is 1.89. The lowest BCUT2D eigenvalue weighted by Gasteiger charge is -2.08. The summed E-state index contributed by atoms with van der Waals surface area (Å²) in [5.74, 6) is 0.993. The third-order valence-corrected chi connectivity index (χ3v) is 3.11. The predicted octanol–water partition coefficient (Wildman–Crippen LogP) is 2.78. The number of hydrogen-bond acceptors (Lipinski definition) is 4. The molecule has 1 amide bonds. The van der Waals surface area contributed by atoms with Gasteiger partial charge in [0.05, 0.1) is 12.4 Å². The molecule has 0 aliphatic heterocycles. The van der Waals surface area contributed by atoms with Gasteiger partial charge in [-0.3, -0.25) is 4.79 Å². The van der Waals surface area contributed by atoms with E-state index < -0.39 is 0 Å². The van der Waals surface area contributed by atoms with E-state index >= 15 is 0 Å². The zero-order valence-electron chi connectivity index (χ0n) is 13.3. The zero-order valence-corrected chi connectivity index (χ0v) is 13.3. The largest absolute Gasteiger partial charge is 0.369 e. The second-order valence-electron chi connectivity index (χ2n) is 5.73. The van der Waals surface area contributed by atoms with Gasteiger partial charge in [0.25, 0.3) is 5.91 Å². The molecule has 5 nitrogen and oxygen atoms in total. The minimum absolute atomic E-state index is 0.218. The van der Waals surface area contributed by atoms with Crippen LogP contribution in [0.3, 0.4) is 0 Å². The number of benzene rings is 1. The molecule has 0 spiro atoms. The van der Waals surface area contributed by atoms with E-state index in [9.17, 15) is 4.79 Å². The number of nitrogens with one attached hydrogen (secondary N) is 2. The molecule has 0 aliphatic carbocycles. The number of amides is 1. The highest BCUT2D eigenvalue weighted by Gasteiger charge is 2.08. The van der Waals surface area contributed by atoms with Gasteiger partial charge in [0.15, 0.2) is 0 Å². The molecule has 2 aromatic rings. The number of carbonyl (C=O) groups is 1. The van der Waals surface area contributed by atoms with Gasteiger partial charge in [-0.15, -0.1) is 0 Å². The summed E-state index contributed by atoms with van der Waals surface area (Å²) in [7, 11) is 0. The van der Waals surface area contributed by atoms with Crippen molar-refractivity contribution in [1.82, 2.24) is 15.3 Å². The fourth-order valence-corrected chi connectivity index (χ4v) is 1.94. The topological polar surface area (TPSA) is 66.9 Å². The summed E-state index contributed by atoms with van der Waals surface area (Å²) < 4.78 is 0. The molecule has 1 aromatic carbocycles. The van der Waals surface area contributed by atoms with E-state index in [-0.39, 0.29) is 5.91 Å². The average molecular weight is 298 g/mol. The average Bonchev–Trinajstić information content (AvgIpc) is 2.51. The Morgan fingerprint density at radius 3 is 2.68 bits per heavy atom. The fourth-order valence-electron chi connectivity index (χ4n) is 1.94. The molecule has 0 aliphatic rings. The van der Waals surface area contributed by atoms with E-state index in [4.69, 9.17) is 0 Å². The molecule has 0 saturated heterocycles. The van der Waals surface area contributed by atoms with E-state index in [1.165, 1.54) is 11.8 Å². The summed E-state index contributed by atoms with van der Waals surface area (Å²) in [4.78, 5) is 20.4. The van der Waals surface area contributed by atoms with Crippen molar-refractivity contribution in [2.24, 2.45) is 5.92 Å². The third-order valence-electron chi connectivity index (χ3n) is 3.11. The number of aryl methyl sites for hydroxylation is 1. The summed E-state index contributed by atoms with van der Waals surface area (Å²) in [5, 5.41) is 6.02. The summed E-state index contributed by atoms with van der Waals surface area (Å²) in [6, 6.07) is 8.04. The number of aromatic nitrogens is 2. The second-order valence-corrected chi connectivity index (χ2v) is 5.73. The monoisotopic (exact) mass is 298 g/mol. The first-order chi connectivity index (χ1) is 10.5. The van der Waals surface area contributed by atoms with E-state index in [1.807, 2.05) is 31.2 Å². The fraction of sp³-hybridized carbons (Fsp3) is 0.353. The summed E-state index contributed by atoms with van der Waals surface area (Å²) in [6.45, 7) is 7.57. The van der Waals surface area contributed by atoms with Gasteiger partial charge in [-0.2, -0.15) is 0 Å². The van der Waals surface area contributed by atoms with Crippen LogP contribution in [0, 0.1) is 12.8 Å². The van der Waals surface area contributed by atoms with Crippen LogP contribution < -0.4 is 10.6 Å². The van der Waals surface area contributed by atoms with Crippen LogP contribution in [0.1, 0.15) is 35.5 Å². The highest BCUT2D eigenvalue weighted by Crippen LogP contribution is 2.05. The van der Waals surface area contributed by atoms with Crippen molar-refractivity contribution in [1.29, 1.82) is 0 Å². The number of anilines is 1. The number of hydrogen-bond donors (Lipinski definition) is 2. The van der Waals surface area contributed by atoms with Crippen molar-refractivity contribution >= 4 is 11.7 Å². The zero-order chi connectivity index (χ0) is 15.9. The van der Waals surface area contributed by atoms with Crippen molar-refractivity contribution < 1.29 is 4.79 Å². The van der Waals surface area contributed by atoms with Gasteiger partial charge in [-0.25, -0.2) is 9.97 Å². The van der Waals surface area contributed by atoms with Crippen molar-refractivity contribution in [3.05, 3.63) is 53.5 Å². The van der Waals surface area contributed by atoms with Crippen molar-refractivity contribution in [2.75, 3.05) is 11.9 Å². The molecule has 2 rings (SSSR count). The lowest BCUT2D eigenvalue weighted by atomic mass is 10.1. The maximum absolute atomic E-state index is 12.0. The predicted molar refractivity (Wildman–Crippen MR) is 87.7 cm³/mol. The summed E-state index contributed by atoms with van der Waals surface area (Å²) in [5.41, 5.74) is 2.56. The lowest BCUT2D eigenvalue weighted by Crippen LogP contribution is -2.24. The Kier molecular flexibility index (Phi) is 5.47. The highest BCUT2D eigenvalue weighted by atomic mass is 16.1. The molecule has 116 valence electrons. The smallest absolute Gasteiger partial charge is 0.271 e. The minimum Gasteiger partial charge on any atom is -0.369 e. The Bertz CT molecular complexity index is 623. The van der Waals surface area contributed by atoms with Gasteiger partial charge in [0.1, 0.15) is 11.5 Å². The van der Waals surface area contributed by atoms with Gasteiger partial charge in [0.2, 0.25) is 0 Å². The second kappa shape index (κ2) is 7.54. The Morgan fingerprint density at radius 1 is 1.23 bits per heavy atom. The van der Waals surface area contributed by atoms with Crippen LogP contribution in [0.25, 0.3) is 0 Å². The van der Waals surface area contributed by atoms with E-state index in [1.54, 1.807) is 6.20 Å². The van der Waals surface area contributed by atoms with Crippen LogP contribution >= 0.6 is 0 Å². The molecular formula is C17H22N4O. The molecule has 0 bridgehead atoms.